The van der Waals surface area contributed by atoms with Gasteiger partial charge < -0.3 is 25.2 Å². The molecule has 2 aromatic heterocycles. The van der Waals surface area contributed by atoms with Gasteiger partial charge in [0.15, 0.2) is 23.3 Å². The van der Waals surface area contributed by atoms with Crippen LogP contribution in [0.4, 0.5) is 13.2 Å². The molecule has 3 heterocycles. The molecule has 5 rings (SSSR count). The Morgan fingerprint density at radius 3 is 2.47 bits per heavy atom. The predicted molar refractivity (Wildman–Crippen MR) is 119 cm³/mol. The average molecular weight is 532 g/mol. The molecule has 0 aliphatic carbocycles. The number of ether oxygens (including phenoxy) is 1. The van der Waals surface area contributed by atoms with Crippen molar-refractivity contribution < 1.29 is 43.1 Å². The number of hydrogen-bond donors (Lipinski definition) is 4. The number of aromatic nitrogens is 6. The molecule has 1 saturated heterocycles. The molecule has 0 bridgehead atoms. The molecule has 0 unspecified atom stereocenters. The number of halogens is 3. The molecule has 0 spiro atoms. The number of aliphatic hydroxyl groups excluding tert-OH is 3. The Balaban J connectivity index is 1.54. The Bertz CT molecular complexity index is 1470. The van der Waals surface area contributed by atoms with Crippen LogP contribution in [0.25, 0.3) is 16.9 Å². The van der Waals surface area contributed by atoms with E-state index in [4.69, 9.17) is 4.74 Å². The highest BCUT2D eigenvalue weighted by Crippen LogP contribution is 2.38. The van der Waals surface area contributed by atoms with Crippen LogP contribution in [0.5, 0.6) is 0 Å². The second-order valence-electron chi connectivity index (χ2n) is 8.44. The van der Waals surface area contributed by atoms with Gasteiger partial charge in [-0.25, -0.2) is 32.3 Å². The highest BCUT2D eigenvalue weighted by Gasteiger charge is 2.48. The lowest BCUT2D eigenvalue weighted by Gasteiger charge is -2.41. The van der Waals surface area contributed by atoms with Crippen LogP contribution in [0.2, 0.25) is 0 Å². The Morgan fingerprint density at radius 2 is 1.79 bits per heavy atom. The van der Waals surface area contributed by atoms with E-state index in [1.807, 2.05) is 0 Å². The van der Waals surface area contributed by atoms with E-state index in [1.165, 1.54) is 24.4 Å². The van der Waals surface area contributed by atoms with Gasteiger partial charge in [-0.15, -0.1) is 5.10 Å². The minimum Gasteiger partial charge on any atom is -0.478 e. The van der Waals surface area contributed by atoms with Gasteiger partial charge >= 0.3 is 5.97 Å². The average Bonchev–Trinajstić information content (AvgIpc) is 3.58. The summed E-state index contributed by atoms with van der Waals surface area (Å²) in [4.78, 5) is 15.8. The smallest absolute Gasteiger partial charge is 0.337 e. The fourth-order valence-electron chi connectivity index (χ4n) is 4.36. The van der Waals surface area contributed by atoms with Crippen molar-refractivity contribution >= 4 is 5.97 Å². The highest BCUT2D eigenvalue weighted by atomic mass is 19.2. The number of carboxylic acid groups (broad SMARTS) is 1. The van der Waals surface area contributed by atoms with Gasteiger partial charge in [0.1, 0.15) is 42.5 Å². The maximum atomic E-state index is 13.7. The highest BCUT2D eigenvalue weighted by molar-refractivity contribution is 5.91. The number of para-hydroxylation sites is 1. The lowest BCUT2D eigenvalue weighted by molar-refractivity contribution is -0.210. The van der Waals surface area contributed by atoms with E-state index in [2.05, 4.69) is 20.4 Å². The van der Waals surface area contributed by atoms with Crippen LogP contribution < -0.4 is 0 Å². The summed E-state index contributed by atoms with van der Waals surface area (Å²) in [5.41, 5.74) is -0.234. The van der Waals surface area contributed by atoms with Crippen LogP contribution in [0, 0.1) is 17.5 Å². The monoisotopic (exact) mass is 532 g/mol. The van der Waals surface area contributed by atoms with Crippen LogP contribution in [0.1, 0.15) is 28.3 Å². The minimum atomic E-state index is -1.65. The number of aliphatic hydroxyl groups is 3. The Labute approximate surface area is 211 Å². The normalized spacial score (nSPS) is 23.5. The summed E-state index contributed by atoms with van der Waals surface area (Å²) in [5, 5.41) is 53.3. The van der Waals surface area contributed by atoms with Crippen molar-refractivity contribution in [2.45, 2.75) is 30.5 Å². The third-order valence-corrected chi connectivity index (χ3v) is 6.18. The van der Waals surface area contributed by atoms with Crippen molar-refractivity contribution in [3.05, 3.63) is 77.8 Å². The third kappa shape index (κ3) is 4.30. The zero-order valence-corrected chi connectivity index (χ0v) is 19.1. The molecular formula is C23H19F3N6O6. The van der Waals surface area contributed by atoms with Crippen LogP contribution in [0.3, 0.4) is 0 Å². The predicted octanol–water partition coefficient (Wildman–Crippen LogP) is 1.04. The standard InChI is InChI=1S/C23H19F3N6O6/c24-12-5-10(6-13(25)17(12)26)14-7-31(30-29-14)18-19(34)16(8-33)38-21(20(18)35)22-27-9-28-32(22)15-4-2-1-3-11(15)23(36)37/h1-7,9,16,18-21,33-35H,8H2,(H,36,37)/t16-,18+,19+,20-,21-/m1/s1. The molecule has 0 radical (unpaired) electrons. The van der Waals surface area contributed by atoms with Crippen molar-refractivity contribution in [3.63, 3.8) is 0 Å². The second kappa shape index (κ2) is 9.94. The fourth-order valence-corrected chi connectivity index (χ4v) is 4.36. The number of benzene rings is 2. The molecular weight excluding hydrogens is 513 g/mol. The molecule has 0 saturated carbocycles. The maximum absolute atomic E-state index is 13.7. The van der Waals surface area contributed by atoms with Gasteiger partial charge in [0.2, 0.25) is 0 Å². The first kappa shape index (κ1) is 25.5. The van der Waals surface area contributed by atoms with Gasteiger partial charge in [-0.1, -0.05) is 17.3 Å². The summed E-state index contributed by atoms with van der Waals surface area (Å²) in [5.74, 6) is -5.81. The first-order chi connectivity index (χ1) is 18.2. The van der Waals surface area contributed by atoms with E-state index in [1.54, 1.807) is 6.07 Å². The van der Waals surface area contributed by atoms with Gasteiger partial charge in [0, 0.05) is 5.56 Å². The molecule has 0 amide bonds. The molecule has 4 aromatic rings. The summed E-state index contributed by atoms with van der Waals surface area (Å²) in [6.45, 7) is -0.684. The summed E-state index contributed by atoms with van der Waals surface area (Å²) in [7, 11) is 0. The SMILES string of the molecule is O=C(O)c1ccccc1-n1ncnc1[C@@H]1O[C@H](CO)[C@H](O)[C@H](n2cc(-c3cc(F)c(F)c(F)c3)nn2)[C@H]1O. The first-order valence-electron chi connectivity index (χ1n) is 11.1. The molecule has 4 N–H and O–H groups in total. The van der Waals surface area contributed by atoms with Crippen LogP contribution in [-0.2, 0) is 4.74 Å². The van der Waals surface area contributed by atoms with E-state index in [0.717, 1.165) is 15.7 Å². The number of carboxylic acids is 1. The van der Waals surface area contributed by atoms with Crippen molar-refractivity contribution in [1.29, 1.82) is 0 Å². The molecule has 12 nitrogen and oxygen atoms in total. The van der Waals surface area contributed by atoms with Crippen molar-refractivity contribution in [2.24, 2.45) is 0 Å². The maximum Gasteiger partial charge on any atom is 0.337 e. The van der Waals surface area contributed by atoms with Gasteiger partial charge in [0.05, 0.1) is 24.1 Å². The van der Waals surface area contributed by atoms with Gasteiger partial charge in [0.25, 0.3) is 0 Å². The Kier molecular flexibility index (Phi) is 6.66. The lowest BCUT2D eigenvalue weighted by Crippen LogP contribution is -2.53. The third-order valence-electron chi connectivity index (χ3n) is 6.18. The van der Waals surface area contributed by atoms with Crippen molar-refractivity contribution in [3.8, 4) is 16.9 Å². The lowest BCUT2D eigenvalue weighted by atomic mass is 9.92. The van der Waals surface area contributed by atoms with Crippen LogP contribution in [0.15, 0.2) is 48.9 Å². The number of carbonyl (C=O) groups is 1. The van der Waals surface area contributed by atoms with Crippen molar-refractivity contribution in [2.75, 3.05) is 6.61 Å². The van der Waals surface area contributed by atoms with E-state index in [0.29, 0.717) is 12.1 Å². The topological polar surface area (TPSA) is 169 Å². The zero-order chi connectivity index (χ0) is 27.1. The summed E-state index contributed by atoms with van der Waals surface area (Å²) in [6.07, 6.45) is -3.47. The number of rotatable bonds is 6. The molecule has 1 aliphatic heterocycles. The number of hydrogen-bond acceptors (Lipinski definition) is 9. The molecule has 38 heavy (non-hydrogen) atoms. The van der Waals surface area contributed by atoms with Crippen LogP contribution >= 0.6 is 0 Å². The molecule has 1 aliphatic rings. The number of nitrogens with zero attached hydrogens (tertiary/aromatic N) is 6. The molecule has 15 heteroatoms. The van der Waals surface area contributed by atoms with E-state index in [-0.39, 0.29) is 28.3 Å². The molecule has 1 fully saturated rings. The Morgan fingerprint density at radius 1 is 1.08 bits per heavy atom. The van der Waals surface area contributed by atoms with E-state index >= 15 is 0 Å². The molecule has 198 valence electrons. The largest absolute Gasteiger partial charge is 0.478 e. The van der Waals surface area contributed by atoms with Gasteiger partial charge in [-0.3, -0.25) is 0 Å². The Hall–Kier alpha value is -4.18. The van der Waals surface area contributed by atoms with Gasteiger partial charge in [-0.2, -0.15) is 5.10 Å². The fraction of sp³-hybridized carbons (Fsp3) is 0.261. The second-order valence-corrected chi connectivity index (χ2v) is 8.44. The first-order valence-corrected chi connectivity index (χ1v) is 11.1. The zero-order valence-electron chi connectivity index (χ0n) is 19.1. The number of aromatic carboxylic acids is 1. The molecule has 5 atom stereocenters. The van der Waals surface area contributed by atoms with E-state index in [9.17, 15) is 38.4 Å². The summed E-state index contributed by atoms with van der Waals surface area (Å²) < 4.78 is 48.7. The van der Waals surface area contributed by atoms with Crippen molar-refractivity contribution in [1.82, 2.24) is 29.8 Å². The molecule has 2 aromatic carbocycles. The van der Waals surface area contributed by atoms with Crippen LogP contribution in [-0.4, -0.2) is 81.1 Å². The summed E-state index contributed by atoms with van der Waals surface area (Å²) >= 11 is 0. The quantitative estimate of drug-likeness (QED) is 0.263. The van der Waals surface area contributed by atoms with E-state index < -0.39 is 60.5 Å². The van der Waals surface area contributed by atoms with Gasteiger partial charge in [-0.05, 0) is 24.3 Å². The minimum absolute atomic E-state index is 0.0374. The summed E-state index contributed by atoms with van der Waals surface area (Å²) in [6, 6.07) is 6.02.